The van der Waals surface area contributed by atoms with Crippen LogP contribution >= 0.6 is 0 Å². The fourth-order valence-corrected chi connectivity index (χ4v) is 7.01. The van der Waals surface area contributed by atoms with Gasteiger partial charge in [0.05, 0.1) is 31.4 Å². The highest BCUT2D eigenvalue weighted by Crippen LogP contribution is 2.57. The van der Waals surface area contributed by atoms with Crippen molar-refractivity contribution in [2.24, 2.45) is 11.8 Å². The number of allylic oxidation sites excluding steroid dienone is 1. The number of Topliss-reactive ketones (excluding diaryl/α,β-unsaturated/α-hetero) is 2. The number of unbranched alkanes of at least 4 members (excludes halogenated alkanes) is 1. The molecule has 1 aromatic heterocycles. The van der Waals surface area contributed by atoms with Gasteiger partial charge in [0.25, 0.3) is 5.88 Å². The summed E-state index contributed by atoms with van der Waals surface area (Å²) < 4.78 is 33.9. The van der Waals surface area contributed by atoms with Gasteiger partial charge in [0.15, 0.2) is 17.1 Å². The fraction of sp³-hybridized carbons (Fsp3) is 0.588. The monoisotopic (exact) mass is 656 g/mol. The Hall–Kier alpha value is -3.94. The third-order valence-corrected chi connectivity index (χ3v) is 9.17. The van der Waals surface area contributed by atoms with E-state index in [1.165, 1.54) is 20.3 Å². The second-order valence-corrected chi connectivity index (χ2v) is 13.6. The zero-order valence-electron chi connectivity index (χ0n) is 28.4. The first-order valence-electron chi connectivity index (χ1n) is 15.8. The highest BCUT2D eigenvalue weighted by Gasteiger charge is 2.64. The Morgan fingerprint density at radius 1 is 1.21 bits per heavy atom. The first-order valence-corrected chi connectivity index (χ1v) is 15.8. The smallest absolute Gasteiger partial charge is 0.508 e. The molecule has 1 unspecified atom stereocenters. The van der Waals surface area contributed by atoms with Gasteiger partial charge in [-0.3, -0.25) is 14.5 Å². The summed E-state index contributed by atoms with van der Waals surface area (Å²) in [6.07, 6.45) is 0.274. The molecule has 0 saturated heterocycles. The number of ketones is 2. The number of aromatic nitrogens is 1. The first-order chi connectivity index (χ1) is 22.1. The van der Waals surface area contributed by atoms with E-state index >= 15 is 0 Å². The number of nitrogens with zero attached hydrogens (tertiary/aromatic N) is 2. The molecule has 5 rings (SSSR count). The van der Waals surface area contributed by atoms with Crippen LogP contribution in [-0.2, 0) is 15.9 Å². The van der Waals surface area contributed by atoms with Crippen LogP contribution in [0.25, 0.3) is 0 Å². The minimum Gasteiger partial charge on any atom is -0.508 e. The number of ether oxygens (including phenoxy) is 5. The van der Waals surface area contributed by atoms with Crippen molar-refractivity contribution in [3.8, 4) is 17.4 Å². The van der Waals surface area contributed by atoms with E-state index < -0.39 is 58.7 Å². The molecule has 256 valence electrons. The largest absolute Gasteiger partial charge is 0.514 e. The summed E-state index contributed by atoms with van der Waals surface area (Å²) in [4.78, 5) is 43.4. The molecule has 13 heteroatoms. The predicted molar refractivity (Wildman–Crippen MR) is 167 cm³/mol. The van der Waals surface area contributed by atoms with Crippen LogP contribution in [0.2, 0.25) is 0 Å². The topological polar surface area (TPSA) is 167 Å². The van der Waals surface area contributed by atoms with Crippen molar-refractivity contribution in [3.63, 3.8) is 0 Å². The van der Waals surface area contributed by atoms with E-state index in [1.807, 2.05) is 6.92 Å². The summed E-state index contributed by atoms with van der Waals surface area (Å²) in [6.45, 7) is 9.08. The van der Waals surface area contributed by atoms with Crippen LogP contribution in [0.3, 0.4) is 0 Å². The number of aliphatic hydroxyl groups is 2. The number of carbonyl (C=O) groups excluding carboxylic acids is 3. The quantitative estimate of drug-likeness (QED) is 0.203. The zero-order chi connectivity index (χ0) is 34.6. The summed E-state index contributed by atoms with van der Waals surface area (Å²) in [6, 6.07) is 0.778. The molecule has 2 aromatic rings. The average molecular weight is 657 g/mol. The molecule has 0 amide bonds. The highest BCUT2D eigenvalue weighted by atomic mass is 16.7. The van der Waals surface area contributed by atoms with Crippen molar-refractivity contribution in [1.82, 2.24) is 10.1 Å². The Morgan fingerprint density at radius 3 is 2.51 bits per heavy atom. The predicted octanol–water partition coefficient (Wildman–Crippen LogP) is 5.30. The summed E-state index contributed by atoms with van der Waals surface area (Å²) in [7, 11) is 6.52. The van der Waals surface area contributed by atoms with Gasteiger partial charge in [-0.2, -0.15) is 0 Å². The van der Waals surface area contributed by atoms with E-state index in [2.05, 4.69) is 5.16 Å². The lowest BCUT2D eigenvalue weighted by molar-refractivity contribution is -0.0559. The first kappa shape index (κ1) is 34.4. The van der Waals surface area contributed by atoms with Gasteiger partial charge in [-0.1, -0.05) is 13.3 Å². The molecule has 0 spiro atoms. The molecule has 3 aliphatic carbocycles. The number of carbonyl (C=O) groups is 3. The zero-order valence-corrected chi connectivity index (χ0v) is 28.4. The average Bonchev–Trinajstić information content (AvgIpc) is 3.40. The lowest BCUT2D eigenvalue weighted by Crippen LogP contribution is -2.59. The van der Waals surface area contributed by atoms with Gasteiger partial charge in [-0.25, -0.2) is 4.79 Å². The van der Waals surface area contributed by atoms with Crippen molar-refractivity contribution in [1.29, 1.82) is 0 Å². The van der Waals surface area contributed by atoms with Crippen LogP contribution in [0.1, 0.15) is 104 Å². The number of benzene rings is 1. The van der Waals surface area contributed by atoms with Crippen LogP contribution in [0.15, 0.2) is 21.9 Å². The van der Waals surface area contributed by atoms with Crippen molar-refractivity contribution < 1.29 is 52.8 Å². The van der Waals surface area contributed by atoms with Crippen molar-refractivity contribution in [3.05, 3.63) is 45.4 Å². The SMILES string of the molecule is CCCCOc1noc2c1C(=O)[C@@]1(O)C(O)=C3C(=O)c4c(OC(=O)OC(C)(C)C)cc(C(C)OC)c(OC)c4C[C@H]3C[C@H]1[C@@H]2N(C)C. The van der Waals surface area contributed by atoms with E-state index in [1.54, 1.807) is 46.7 Å². The number of hydrogen-bond acceptors (Lipinski definition) is 13. The number of aliphatic hydroxyl groups excluding tert-OH is 1. The summed E-state index contributed by atoms with van der Waals surface area (Å²) in [5.74, 6) is -3.49. The molecular weight excluding hydrogens is 612 g/mol. The summed E-state index contributed by atoms with van der Waals surface area (Å²) in [5, 5.41) is 28.2. The second-order valence-electron chi connectivity index (χ2n) is 13.6. The molecule has 0 fully saturated rings. The maximum atomic E-state index is 14.5. The van der Waals surface area contributed by atoms with Crippen LogP contribution in [0.5, 0.6) is 17.4 Å². The molecule has 0 saturated carbocycles. The molecule has 1 heterocycles. The van der Waals surface area contributed by atoms with Gasteiger partial charge < -0.3 is 38.4 Å². The van der Waals surface area contributed by atoms with Crippen LogP contribution in [-0.4, -0.2) is 84.1 Å². The maximum Gasteiger partial charge on any atom is 0.514 e. The molecule has 3 aliphatic rings. The van der Waals surface area contributed by atoms with Crippen LogP contribution in [0, 0.1) is 11.8 Å². The molecule has 0 bridgehead atoms. The van der Waals surface area contributed by atoms with Gasteiger partial charge >= 0.3 is 6.16 Å². The van der Waals surface area contributed by atoms with Gasteiger partial charge in [0, 0.05) is 29.7 Å². The minimum absolute atomic E-state index is 0.0405. The standard InChI is InChI=1S/C34H44N2O11/c1-10-11-12-44-31-24-28(47-35-31)25(36(6)7)20-14-17-13-19-23(26(37)22(17)29(38)34(20,41)30(24)39)21(45-32(40)46-33(3,4)5)15-18(16(2)42-8)27(19)43-9/h15-17,20,25,38,41H,10-14H2,1-9H3/t16?,17-,20-,25-,34-/m0/s1. The molecular formula is C34H44N2O11. The molecule has 5 atom stereocenters. The maximum absolute atomic E-state index is 14.5. The summed E-state index contributed by atoms with van der Waals surface area (Å²) >= 11 is 0. The Bertz CT molecular complexity index is 1620. The number of rotatable bonds is 9. The summed E-state index contributed by atoms with van der Waals surface area (Å²) in [5.41, 5.74) is -2.64. The van der Waals surface area contributed by atoms with Crippen molar-refractivity contribution in [2.45, 2.75) is 83.6 Å². The van der Waals surface area contributed by atoms with E-state index in [9.17, 15) is 24.6 Å². The molecule has 0 aliphatic heterocycles. The van der Waals surface area contributed by atoms with Crippen LogP contribution in [0.4, 0.5) is 4.79 Å². The molecule has 13 nitrogen and oxygen atoms in total. The van der Waals surface area contributed by atoms with Gasteiger partial charge in [0.1, 0.15) is 28.4 Å². The molecule has 2 N–H and O–H groups in total. The number of methoxy groups -OCH3 is 2. The van der Waals surface area contributed by atoms with E-state index in [0.29, 0.717) is 23.3 Å². The lowest BCUT2D eigenvalue weighted by atomic mass is 9.58. The van der Waals surface area contributed by atoms with Gasteiger partial charge in [-0.05, 0) is 78.2 Å². The van der Waals surface area contributed by atoms with Gasteiger partial charge in [0.2, 0.25) is 5.78 Å². The third kappa shape index (κ3) is 5.67. The van der Waals surface area contributed by atoms with Crippen molar-refractivity contribution >= 4 is 17.7 Å². The Labute approximate surface area is 273 Å². The van der Waals surface area contributed by atoms with E-state index in [0.717, 1.165) is 6.42 Å². The Balaban J connectivity index is 1.69. The third-order valence-electron chi connectivity index (χ3n) is 9.17. The minimum atomic E-state index is -2.49. The van der Waals surface area contributed by atoms with Crippen molar-refractivity contribution in [2.75, 3.05) is 34.9 Å². The van der Waals surface area contributed by atoms with E-state index in [4.69, 9.17) is 28.2 Å². The van der Waals surface area contributed by atoms with E-state index in [-0.39, 0.29) is 53.5 Å². The highest BCUT2D eigenvalue weighted by molar-refractivity contribution is 6.16. The Kier molecular flexibility index (Phi) is 9.21. The fourth-order valence-electron chi connectivity index (χ4n) is 7.01. The molecule has 1 aromatic carbocycles. The van der Waals surface area contributed by atoms with Gasteiger partial charge in [-0.15, -0.1) is 0 Å². The number of hydrogen-bond donors (Lipinski definition) is 2. The second kappa shape index (κ2) is 12.6. The van der Waals surface area contributed by atoms with Crippen LogP contribution < -0.4 is 14.2 Å². The normalized spacial score (nSPS) is 24.3. The molecule has 47 heavy (non-hydrogen) atoms. The number of fused-ring (bicyclic) bond motifs is 4. The Morgan fingerprint density at radius 2 is 1.91 bits per heavy atom. The lowest BCUT2D eigenvalue weighted by Gasteiger charge is -2.49. The molecule has 0 radical (unpaired) electrons.